The van der Waals surface area contributed by atoms with Gasteiger partial charge < -0.3 is 14.8 Å². The van der Waals surface area contributed by atoms with Crippen LogP contribution in [0.15, 0.2) is 64.2 Å². The standard InChI is InChI=1S/C27H25BrCl3N3O4/c1-15(2)24(33-26(35)17-4-7-19(29)8-5-17)27(36)34-32-13-16-10-21(28)25(23(11-16)37-3)38-14-18-6-9-20(30)12-22(18)31/h4-13,15,24H,14H2,1-3H3,(H,33,35)(H,34,36)/b32-13+. The second-order valence-electron chi connectivity index (χ2n) is 8.49. The third kappa shape index (κ3) is 8.11. The fourth-order valence-electron chi connectivity index (χ4n) is 3.34. The quantitative estimate of drug-likeness (QED) is 0.186. The third-order valence-corrected chi connectivity index (χ3v) is 6.80. The predicted octanol–water partition coefficient (Wildman–Crippen LogP) is 6.90. The smallest absolute Gasteiger partial charge is 0.262 e. The monoisotopic (exact) mass is 639 g/mol. The van der Waals surface area contributed by atoms with Crippen molar-refractivity contribution in [3.63, 3.8) is 0 Å². The van der Waals surface area contributed by atoms with Crippen LogP contribution in [0.4, 0.5) is 0 Å². The number of ether oxygens (including phenoxy) is 2. The highest BCUT2D eigenvalue weighted by Gasteiger charge is 2.24. The molecule has 11 heteroatoms. The van der Waals surface area contributed by atoms with Gasteiger partial charge >= 0.3 is 0 Å². The Hall–Kier alpha value is -2.78. The largest absolute Gasteiger partial charge is 0.493 e. The van der Waals surface area contributed by atoms with E-state index in [1.165, 1.54) is 13.3 Å². The number of nitrogens with one attached hydrogen (secondary N) is 2. The van der Waals surface area contributed by atoms with Gasteiger partial charge in [-0.1, -0.05) is 54.7 Å². The Morgan fingerprint density at radius 1 is 1.03 bits per heavy atom. The minimum atomic E-state index is -0.799. The van der Waals surface area contributed by atoms with Crippen molar-refractivity contribution in [3.8, 4) is 11.5 Å². The Balaban J connectivity index is 1.66. The first-order valence-electron chi connectivity index (χ1n) is 11.4. The Bertz CT molecular complexity index is 1330. The summed E-state index contributed by atoms with van der Waals surface area (Å²) in [7, 11) is 1.52. The van der Waals surface area contributed by atoms with Gasteiger partial charge in [-0.25, -0.2) is 5.43 Å². The van der Waals surface area contributed by atoms with Crippen molar-refractivity contribution >= 4 is 68.8 Å². The van der Waals surface area contributed by atoms with Gasteiger partial charge in [0.05, 0.1) is 17.8 Å². The molecule has 1 unspecified atom stereocenters. The van der Waals surface area contributed by atoms with Crippen LogP contribution in [0.2, 0.25) is 15.1 Å². The molecular weight excluding hydrogens is 617 g/mol. The van der Waals surface area contributed by atoms with Crippen LogP contribution in [0, 0.1) is 5.92 Å². The normalized spacial score (nSPS) is 11.9. The second kappa shape index (κ2) is 13.8. The molecule has 2 N–H and O–H groups in total. The summed E-state index contributed by atoms with van der Waals surface area (Å²) in [6.45, 7) is 3.86. The lowest BCUT2D eigenvalue weighted by Crippen LogP contribution is -2.48. The summed E-state index contributed by atoms with van der Waals surface area (Å²) in [6.07, 6.45) is 1.46. The molecule has 38 heavy (non-hydrogen) atoms. The van der Waals surface area contributed by atoms with Crippen LogP contribution in [0.3, 0.4) is 0 Å². The van der Waals surface area contributed by atoms with E-state index in [0.29, 0.717) is 42.2 Å². The van der Waals surface area contributed by atoms with Gasteiger partial charge in [-0.2, -0.15) is 5.10 Å². The summed E-state index contributed by atoms with van der Waals surface area (Å²) in [5.74, 6) is -0.0914. The predicted molar refractivity (Wildman–Crippen MR) is 155 cm³/mol. The molecule has 3 aromatic rings. The van der Waals surface area contributed by atoms with Gasteiger partial charge in [0.2, 0.25) is 0 Å². The molecule has 0 heterocycles. The van der Waals surface area contributed by atoms with Gasteiger partial charge in [0.15, 0.2) is 11.5 Å². The number of carbonyl (C=O) groups is 2. The highest BCUT2D eigenvalue weighted by Crippen LogP contribution is 2.37. The summed E-state index contributed by atoms with van der Waals surface area (Å²) < 4.78 is 12.0. The van der Waals surface area contributed by atoms with Crippen molar-refractivity contribution in [1.82, 2.24) is 10.7 Å². The molecule has 3 aromatic carbocycles. The minimum Gasteiger partial charge on any atom is -0.493 e. The van der Waals surface area contributed by atoms with E-state index < -0.39 is 11.9 Å². The van der Waals surface area contributed by atoms with Crippen molar-refractivity contribution in [1.29, 1.82) is 0 Å². The van der Waals surface area contributed by atoms with E-state index in [1.807, 2.05) is 13.8 Å². The SMILES string of the molecule is COc1cc(/C=N/NC(=O)C(NC(=O)c2ccc(Cl)cc2)C(C)C)cc(Br)c1OCc1ccc(Cl)cc1Cl. The van der Waals surface area contributed by atoms with Crippen molar-refractivity contribution < 1.29 is 19.1 Å². The number of hydrazone groups is 1. The van der Waals surface area contributed by atoms with Gasteiger partial charge in [0.25, 0.3) is 11.8 Å². The first kappa shape index (κ1) is 29.8. The summed E-state index contributed by atoms with van der Waals surface area (Å²) in [6, 6.07) is 14.3. The molecule has 1 atom stereocenters. The van der Waals surface area contributed by atoms with Crippen molar-refractivity contribution in [2.24, 2.45) is 11.0 Å². The molecule has 0 fully saturated rings. The summed E-state index contributed by atoms with van der Waals surface area (Å²) in [5.41, 5.74) is 4.29. The molecule has 0 saturated heterocycles. The van der Waals surface area contributed by atoms with Crippen LogP contribution in [0.25, 0.3) is 0 Å². The van der Waals surface area contributed by atoms with Crippen LogP contribution < -0.4 is 20.2 Å². The number of methoxy groups -OCH3 is 1. The fourth-order valence-corrected chi connectivity index (χ4v) is 4.51. The second-order valence-corrected chi connectivity index (χ2v) is 10.6. The Kier molecular flexibility index (Phi) is 10.8. The highest BCUT2D eigenvalue weighted by atomic mass is 79.9. The Morgan fingerprint density at radius 2 is 1.71 bits per heavy atom. The van der Waals surface area contributed by atoms with Crippen LogP contribution >= 0.6 is 50.7 Å². The fraction of sp³-hybridized carbons (Fsp3) is 0.222. The first-order valence-corrected chi connectivity index (χ1v) is 13.3. The number of rotatable bonds is 10. The summed E-state index contributed by atoms with van der Waals surface area (Å²) in [4.78, 5) is 25.3. The average molecular weight is 642 g/mol. The minimum absolute atomic E-state index is 0.179. The number of hydrogen-bond donors (Lipinski definition) is 2. The highest BCUT2D eigenvalue weighted by molar-refractivity contribution is 9.10. The molecule has 0 spiro atoms. The van der Waals surface area contributed by atoms with E-state index in [9.17, 15) is 9.59 Å². The molecule has 0 radical (unpaired) electrons. The van der Waals surface area contributed by atoms with Crippen LogP contribution in [-0.4, -0.2) is 31.2 Å². The lowest BCUT2D eigenvalue weighted by molar-refractivity contribution is -0.123. The molecule has 0 aliphatic heterocycles. The topological polar surface area (TPSA) is 89.0 Å². The number of benzene rings is 3. The average Bonchev–Trinajstić information content (AvgIpc) is 2.87. The lowest BCUT2D eigenvalue weighted by atomic mass is 10.0. The van der Waals surface area contributed by atoms with E-state index in [-0.39, 0.29) is 18.4 Å². The Labute approximate surface area is 244 Å². The molecule has 3 rings (SSSR count). The van der Waals surface area contributed by atoms with Gasteiger partial charge in [-0.3, -0.25) is 9.59 Å². The summed E-state index contributed by atoms with van der Waals surface area (Å²) >= 11 is 21.6. The zero-order valence-electron chi connectivity index (χ0n) is 20.7. The van der Waals surface area contributed by atoms with E-state index >= 15 is 0 Å². The zero-order valence-corrected chi connectivity index (χ0v) is 24.6. The van der Waals surface area contributed by atoms with Crippen LogP contribution in [-0.2, 0) is 11.4 Å². The zero-order chi connectivity index (χ0) is 27.8. The van der Waals surface area contributed by atoms with E-state index in [1.54, 1.807) is 54.6 Å². The van der Waals surface area contributed by atoms with Gasteiger partial charge in [0, 0.05) is 26.2 Å². The van der Waals surface area contributed by atoms with Crippen molar-refractivity contribution in [2.45, 2.75) is 26.5 Å². The first-order chi connectivity index (χ1) is 18.1. The number of halogens is 4. The van der Waals surface area contributed by atoms with E-state index in [2.05, 4.69) is 31.8 Å². The number of carbonyl (C=O) groups excluding carboxylic acids is 2. The number of nitrogens with zero attached hydrogens (tertiary/aromatic N) is 1. The maximum Gasteiger partial charge on any atom is 0.262 e. The number of amides is 2. The molecule has 0 bridgehead atoms. The van der Waals surface area contributed by atoms with Crippen LogP contribution in [0.1, 0.15) is 35.3 Å². The maximum atomic E-state index is 12.8. The molecular formula is C27H25BrCl3N3O4. The van der Waals surface area contributed by atoms with E-state index in [4.69, 9.17) is 44.3 Å². The van der Waals surface area contributed by atoms with Crippen molar-refractivity contribution in [2.75, 3.05) is 7.11 Å². The molecule has 0 saturated carbocycles. The maximum absolute atomic E-state index is 12.8. The van der Waals surface area contributed by atoms with E-state index in [0.717, 1.165) is 5.56 Å². The molecule has 0 aliphatic carbocycles. The summed E-state index contributed by atoms with van der Waals surface area (Å²) in [5, 5.41) is 8.35. The van der Waals surface area contributed by atoms with Gasteiger partial charge in [-0.05, 0) is 75.9 Å². The molecule has 0 aliphatic rings. The van der Waals surface area contributed by atoms with Gasteiger partial charge in [0.1, 0.15) is 12.6 Å². The van der Waals surface area contributed by atoms with Crippen LogP contribution in [0.5, 0.6) is 11.5 Å². The van der Waals surface area contributed by atoms with Gasteiger partial charge in [-0.15, -0.1) is 0 Å². The lowest BCUT2D eigenvalue weighted by Gasteiger charge is -2.20. The third-order valence-electron chi connectivity index (χ3n) is 5.37. The molecule has 200 valence electrons. The Morgan fingerprint density at radius 3 is 2.34 bits per heavy atom. The molecule has 2 amide bonds. The molecule has 0 aromatic heterocycles. The molecule has 7 nitrogen and oxygen atoms in total. The number of hydrogen-bond acceptors (Lipinski definition) is 5. The van der Waals surface area contributed by atoms with Crippen molar-refractivity contribution in [3.05, 3.63) is 90.8 Å².